The van der Waals surface area contributed by atoms with Crippen LogP contribution in [0, 0.1) is 5.82 Å². The van der Waals surface area contributed by atoms with Crippen molar-refractivity contribution in [2.24, 2.45) is 0 Å². The average Bonchev–Trinajstić information content (AvgIpc) is 2.61. The molecule has 2 aromatic rings. The third kappa shape index (κ3) is 5.16. The summed E-state index contributed by atoms with van der Waals surface area (Å²) in [6.45, 7) is 5.33. The van der Waals surface area contributed by atoms with Crippen LogP contribution in [0.4, 0.5) is 23.4 Å². The summed E-state index contributed by atoms with van der Waals surface area (Å²) in [6.07, 6.45) is -3.50. The molecule has 0 spiro atoms. The van der Waals surface area contributed by atoms with E-state index in [9.17, 15) is 26.0 Å². The number of pyridine rings is 1. The van der Waals surface area contributed by atoms with Gasteiger partial charge in [0.05, 0.1) is 10.5 Å². The molecule has 0 unspecified atom stereocenters. The largest absolute Gasteiger partial charge is 0.419 e. The van der Waals surface area contributed by atoms with Gasteiger partial charge in [-0.15, -0.1) is 0 Å². The SMILES string of the molecule is CCN(CC)c1ccc(CNS(=O)(=O)c2ccc(F)c(C(F)(F)F)c2)cn1. The van der Waals surface area contributed by atoms with E-state index < -0.39 is 32.5 Å². The second kappa shape index (κ2) is 8.22. The molecule has 1 heterocycles. The molecule has 0 aliphatic carbocycles. The zero-order valence-electron chi connectivity index (χ0n) is 14.7. The molecule has 148 valence electrons. The summed E-state index contributed by atoms with van der Waals surface area (Å²) in [4.78, 5) is 5.59. The lowest BCUT2D eigenvalue weighted by molar-refractivity contribution is -0.140. The van der Waals surface area contributed by atoms with Crippen molar-refractivity contribution < 1.29 is 26.0 Å². The Morgan fingerprint density at radius 1 is 1.11 bits per heavy atom. The van der Waals surface area contributed by atoms with Crippen LogP contribution in [0.2, 0.25) is 0 Å². The van der Waals surface area contributed by atoms with E-state index in [0.717, 1.165) is 25.0 Å². The van der Waals surface area contributed by atoms with Gasteiger partial charge >= 0.3 is 6.18 Å². The number of hydrogen-bond donors (Lipinski definition) is 1. The minimum absolute atomic E-state index is 0.160. The highest BCUT2D eigenvalue weighted by Gasteiger charge is 2.35. The first kappa shape index (κ1) is 21.1. The number of nitrogens with one attached hydrogen (secondary N) is 1. The van der Waals surface area contributed by atoms with E-state index in [4.69, 9.17) is 0 Å². The number of sulfonamides is 1. The predicted molar refractivity (Wildman–Crippen MR) is 93.2 cm³/mol. The molecule has 0 atom stereocenters. The summed E-state index contributed by atoms with van der Waals surface area (Å²) in [6, 6.07) is 4.96. The summed E-state index contributed by atoms with van der Waals surface area (Å²) in [5, 5.41) is 0. The highest BCUT2D eigenvalue weighted by molar-refractivity contribution is 7.89. The minimum Gasteiger partial charge on any atom is -0.357 e. The minimum atomic E-state index is -4.99. The summed E-state index contributed by atoms with van der Waals surface area (Å²) < 4.78 is 78.3. The number of rotatable bonds is 7. The van der Waals surface area contributed by atoms with Crippen molar-refractivity contribution in [2.45, 2.75) is 31.5 Å². The summed E-state index contributed by atoms with van der Waals surface area (Å²) >= 11 is 0. The van der Waals surface area contributed by atoms with Gasteiger partial charge in [0.25, 0.3) is 0 Å². The Morgan fingerprint density at radius 3 is 2.30 bits per heavy atom. The van der Waals surface area contributed by atoms with Gasteiger partial charge in [0.15, 0.2) is 0 Å². The zero-order chi connectivity index (χ0) is 20.2. The van der Waals surface area contributed by atoms with Crippen molar-refractivity contribution in [3.8, 4) is 0 Å². The third-order valence-electron chi connectivity index (χ3n) is 3.92. The summed E-state index contributed by atoms with van der Waals surface area (Å²) in [7, 11) is -4.25. The highest BCUT2D eigenvalue weighted by Crippen LogP contribution is 2.32. The van der Waals surface area contributed by atoms with Crippen molar-refractivity contribution in [1.82, 2.24) is 9.71 Å². The molecule has 5 nitrogen and oxygen atoms in total. The Kier molecular flexibility index (Phi) is 6.42. The van der Waals surface area contributed by atoms with E-state index in [1.165, 1.54) is 6.20 Å². The monoisotopic (exact) mass is 405 g/mol. The zero-order valence-corrected chi connectivity index (χ0v) is 15.5. The number of aromatic nitrogens is 1. The van der Waals surface area contributed by atoms with Gasteiger partial charge < -0.3 is 4.90 Å². The Morgan fingerprint density at radius 2 is 1.78 bits per heavy atom. The average molecular weight is 405 g/mol. The number of benzene rings is 1. The van der Waals surface area contributed by atoms with Crippen LogP contribution in [0.3, 0.4) is 0 Å². The van der Waals surface area contributed by atoms with Crippen LogP contribution in [0.25, 0.3) is 0 Å². The second-order valence-electron chi connectivity index (χ2n) is 5.66. The Hall–Kier alpha value is -2.20. The first-order chi connectivity index (χ1) is 12.6. The first-order valence-corrected chi connectivity index (χ1v) is 9.63. The van der Waals surface area contributed by atoms with Gasteiger partial charge in [-0.25, -0.2) is 22.5 Å². The standard InChI is InChI=1S/C17H19F4N3O2S/c1-3-24(4-2)16-8-5-12(10-22-16)11-23-27(25,26)13-6-7-15(18)14(9-13)17(19,20)21/h5-10,23H,3-4,11H2,1-2H3. The third-order valence-corrected chi connectivity index (χ3v) is 5.32. The van der Waals surface area contributed by atoms with E-state index in [1.54, 1.807) is 12.1 Å². The van der Waals surface area contributed by atoms with Gasteiger partial charge in [-0.3, -0.25) is 0 Å². The fraction of sp³-hybridized carbons (Fsp3) is 0.353. The van der Waals surface area contributed by atoms with Gasteiger partial charge in [0.1, 0.15) is 11.6 Å². The quantitative estimate of drug-likeness (QED) is 0.716. The lowest BCUT2D eigenvalue weighted by Gasteiger charge is -2.19. The van der Waals surface area contributed by atoms with E-state index in [0.29, 0.717) is 11.6 Å². The van der Waals surface area contributed by atoms with E-state index in [1.807, 2.05) is 18.7 Å². The lowest BCUT2D eigenvalue weighted by atomic mass is 10.2. The maximum atomic E-state index is 13.3. The van der Waals surface area contributed by atoms with Crippen LogP contribution >= 0.6 is 0 Å². The molecule has 0 bridgehead atoms. The molecule has 0 radical (unpaired) electrons. The Labute approximate surface area is 155 Å². The van der Waals surface area contributed by atoms with Crippen molar-refractivity contribution in [3.05, 3.63) is 53.5 Å². The number of halogens is 4. The molecular weight excluding hydrogens is 386 g/mol. The van der Waals surface area contributed by atoms with E-state index in [-0.39, 0.29) is 12.6 Å². The van der Waals surface area contributed by atoms with Gasteiger partial charge in [-0.1, -0.05) is 6.07 Å². The number of alkyl halides is 3. The smallest absolute Gasteiger partial charge is 0.357 e. The van der Waals surface area contributed by atoms with Crippen LogP contribution in [0.15, 0.2) is 41.4 Å². The van der Waals surface area contributed by atoms with E-state index in [2.05, 4.69) is 9.71 Å². The first-order valence-electron chi connectivity index (χ1n) is 8.14. The molecule has 2 rings (SSSR count). The molecule has 27 heavy (non-hydrogen) atoms. The van der Waals surface area contributed by atoms with Gasteiger partial charge in [-0.05, 0) is 43.7 Å². The molecule has 0 saturated carbocycles. The van der Waals surface area contributed by atoms with Crippen LogP contribution in [0.1, 0.15) is 25.0 Å². The fourth-order valence-electron chi connectivity index (χ4n) is 2.41. The molecule has 0 amide bonds. The van der Waals surface area contributed by atoms with E-state index >= 15 is 0 Å². The molecule has 1 aromatic heterocycles. The molecular formula is C17H19F4N3O2S. The summed E-state index contributed by atoms with van der Waals surface area (Å²) in [5.74, 6) is -0.794. The van der Waals surface area contributed by atoms with Gasteiger partial charge in [0.2, 0.25) is 10.0 Å². The fourth-order valence-corrected chi connectivity index (χ4v) is 3.45. The van der Waals surface area contributed by atoms with Gasteiger partial charge in [0, 0.05) is 25.8 Å². The molecule has 1 N–H and O–H groups in total. The molecule has 0 fully saturated rings. The topological polar surface area (TPSA) is 62.3 Å². The van der Waals surface area contributed by atoms with Crippen LogP contribution in [0.5, 0.6) is 0 Å². The summed E-state index contributed by atoms with van der Waals surface area (Å²) in [5.41, 5.74) is -1.09. The maximum Gasteiger partial charge on any atom is 0.419 e. The van der Waals surface area contributed by atoms with Crippen molar-refractivity contribution in [3.63, 3.8) is 0 Å². The lowest BCUT2D eigenvalue weighted by Crippen LogP contribution is -2.25. The molecule has 0 aliphatic heterocycles. The predicted octanol–water partition coefficient (Wildman–Crippen LogP) is 3.56. The van der Waals surface area contributed by atoms with Gasteiger partial charge in [-0.2, -0.15) is 13.2 Å². The number of hydrogen-bond acceptors (Lipinski definition) is 4. The molecule has 0 aliphatic rings. The van der Waals surface area contributed by atoms with Crippen molar-refractivity contribution in [2.75, 3.05) is 18.0 Å². The van der Waals surface area contributed by atoms with Crippen LogP contribution < -0.4 is 9.62 Å². The maximum absolute atomic E-state index is 13.3. The molecule has 0 saturated heterocycles. The van der Waals surface area contributed by atoms with Crippen LogP contribution in [-0.2, 0) is 22.7 Å². The number of anilines is 1. The highest BCUT2D eigenvalue weighted by atomic mass is 32.2. The van der Waals surface area contributed by atoms with Crippen molar-refractivity contribution >= 4 is 15.8 Å². The normalized spacial score (nSPS) is 12.2. The van der Waals surface area contributed by atoms with Crippen molar-refractivity contribution in [1.29, 1.82) is 0 Å². The molecule has 1 aromatic carbocycles. The van der Waals surface area contributed by atoms with Crippen LogP contribution in [-0.4, -0.2) is 26.5 Å². The second-order valence-corrected chi connectivity index (χ2v) is 7.43. The molecule has 10 heteroatoms. The Balaban J connectivity index is 2.16. The number of nitrogens with zero attached hydrogens (tertiary/aromatic N) is 2. The Bertz CT molecular complexity index is 880.